The smallest absolute Gasteiger partial charge is 0.407 e. The fourth-order valence-electron chi connectivity index (χ4n) is 4.98. The Bertz CT molecular complexity index is 1360. The summed E-state index contributed by atoms with van der Waals surface area (Å²) >= 11 is 0. The number of amides is 1. The van der Waals surface area contributed by atoms with Crippen LogP contribution < -0.4 is 24.3 Å². The van der Waals surface area contributed by atoms with Crippen molar-refractivity contribution in [3.63, 3.8) is 0 Å². The summed E-state index contributed by atoms with van der Waals surface area (Å²) in [5.41, 5.74) is 4.48. The lowest BCUT2D eigenvalue weighted by molar-refractivity contribution is -0.0398. The van der Waals surface area contributed by atoms with E-state index in [1.807, 2.05) is 60.7 Å². The molecule has 1 amide bonds. The highest BCUT2D eigenvalue weighted by Gasteiger charge is 2.35. The Morgan fingerprint density at radius 2 is 1.71 bits per heavy atom. The number of alkyl carbamates (subject to hydrolysis) is 1. The Morgan fingerprint density at radius 3 is 2.55 bits per heavy atom. The molecule has 2 atom stereocenters. The molecule has 1 aliphatic carbocycles. The van der Waals surface area contributed by atoms with Crippen molar-refractivity contribution in [1.29, 1.82) is 0 Å². The average molecular weight is 518 g/mol. The minimum Gasteiger partial charge on any atom is -0.454 e. The second-order valence-electron chi connectivity index (χ2n) is 9.03. The fourth-order valence-corrected chi connectivity index (χ4v) is 4.98. The van der Waals surface area contributed by atoms with E-state index in [1.165, 1.54) is 0 Å². The third kappa shape index (κ3) is 4.73. The first-order chi connectivity index (χ1) is 18.7. The first-order valence-electron chi connectivity index (χ1n) is 12.3. The fraction of sp³-hybridized carbons (Fsp3) is 0.276. The van der Waals surface area contributed by atoms with E-state index < -0.39 is 12.1 Å². The summed E-state index contributed by atoms with van der Waals surface area (Å²) in [5, 5.41) is 3.10. The van der Waals surface area contributed by atoms with Crippen LogP contribution in [-0.2, 0) is 27.4 Å². The van der Waals surface area contributed by atoms with Gasteiger partial charge in [0.05, 0.1) is 12.6 Å². The molecule has 0 fully saturated rings. The maximum atomic E-state index is 13.1. The van der Waals surface area contributed by atoms with E-state index in [0.717, 1.165) is 27.8 Å². The lowest BCUT2D eigenvalue weighted by Crippen LogP contribution is -2.34. The van der Waals surface area contributed by atoms with Crippen LogP contribution in [0, 0.1) is 0 Å². The van der Waals surface area contributed by atoms with Crippen LogP contribution in [0.4, 0.5) is 4.79 Å². The van der Waals surface area contributed by atoms with E-state index in [1.54, 1.807) is 7.11 Å². The van der Waals surface area contributed by atoms with Gasteiger partial charge in [-0.1, -0.05) is 48.6 Å². The predicted molar refractivity (Wildman–Crippen MR) is 136 cm³/mol. The zero-order chi connectivity index (χ0) is 25.9. The standard InChI is InChI=1S/C29H27NO8/c1-32-15-33-14-23-20(9-10-24-28(23)38-17-35-24)21-8-7-19-11-25-26(37-16-36-25)12-22(19)27(21)30-29(31)34-13-18-5-3-2-4-6-18/h2-12,21,27H,13-17H2,1H3,(H,30,31)/t21-,27+/m1/s1. The summed E-state index contributed by atoms with van der Waals surface area (Å²) in [6, 6.07) is 16.8. The molecule has 0 saturated heterocycles. The molecule has 9 nitrogen and oxygen atoms in total. The Hall–Kier alpha value is -4.21. The van der Waals surface area contributed by atoms with Crippen molar-refractivity contribution in [3.8, 4) is 23.0 Å². The number of hydrogen-bond acceptors (Lipinski definition) is 8. The molecule has 1 N–H and O–H groups in total. The topological polar surface area (TPSA) is 93.7 Å². The van der Waals surface area contributed by atoms with Gasteiger partial charge in [0, 0.05) is 18.6 Å². The molecule has 38 heavy (non-hydrogen) atoms. The van der Waals surface area contributed by atoms with Crippen LogP contribution in [0.15, 0.2) is 60.7 Å². The number of fused-ring (bicyclic) bond motifs is 3. The third-order valence-corrected chi connectivity index (χ3v) is 6.73. The van der Waals surface area contributed by atoms with Crippen LogP contribution >= 0.6 is 0 Å². The van der Waals surface area contributed by atoms with Gasteiger partial charge in [-0.2, -0.15) is 0 Å². The Balaban J connectivity index is 1.35. The van der Waals surface area contributed by atoms with Crippen molar-refractivity contribution >= 4 is 12.2 Å². The van der Waals surface area contributed by atoms with Gasteiger partial charge >= 0.3 is 6.09 Å². The van der Waals surface area contributed by atoms with E-state index in [-0.39, 0.29) is 39.5 Å². The van der Waals surface area contributed by atoms with Gasteiger partial charge in [-0.15, -0.1) is 0 Å². The Kier molecular flexibility index (Phi) is 6.76. The number of rotatable bonds is 8. The lowest BCUT2D eigenvalue weighted by atomic mass is 9.79. The summed E-state index contributed by atoms with van der Waals surface area (Å²) in [7, 11) is 1.57. The molecule has 3 aromatic carbocycles. The summed E-state index contributed by atoms with van der Waals surface area (Å²) in [4.78, 5) is 13.1. The number of benzene rings is 3. The molecular formula is C29H27NO8. The van der Waals surface area contributed by atoms with Crippen molar-refractivity contribution < 1.29 is 38.0 Å². The predicted octanol–water partition coefficient (Wildman–Crippen LogP) is 5.04. The van der Waals surface area contributed by atoms with E-state index in [0.29, 0.717) is 23.0 Å². The second-order valence-corrected chi connectivity index (χ2v) is 9.03. The largest absolute Gasteiger partial charge is 0.454 e. The molecule has 0 spiro atoms. The van der Waals surface area contributed by atoms with Crippen LogP contribution in [0.5, 0.6) is 23.0 Å². The van der Waals surface area contributed by atoms with Gasteiger partial charge < -0.3 is 38.5 Å². The summed E-state index contributed by atoms with van der Waals surface area (Å²) < 4.78 is 39.1. The number of ether oxygens (including phenoxy) is 7. The van der Waals surface area contributed by atoms with Gasteiger partial charge in [-0.05, 0) is 40.5 Å². The van der Waals surface area contributed by atoms with E-state index in [4.69, 9.17) is 33.2 Å². The highest BCUT2D eigenvalue weighted by Crippen LogP contribution is 2.48. The number of carbonyl (C=O) groups is 1. The monoisotopic (exact) mass is 517 g/mol. The molecular weight excluding hydrogens is 490 g/mol. The first-order valence-corrected chi connectivity index (χ1v) is 12.3. The number of methoxy groups -OCH3 is 1. The average Bonchev–Trinajstić information content (AvgIpc) is 3.61. The zero-order valence-electron chi connectivity index (χ0n) is 20.8. The molecule has 196 valence electrons. The van der Waals surface area contributed by atoms with Crippen molar-refractivity contribution in [2.24, 2.45) is 0 Å². The van der Waals surface area contributed by atoms with Crippen molar-refractivity contribution in [2.75, 3.05) is 27.5 Å². The summed E-state index contributed by atoms with van der Waals surface area (Å²) in [5.74, 6) is 2.34. The summed E-state index contributed by atoms with van der Waals surface area (Å²) in [6.07, 6.45) is 3.56. The Morgan fingerprint density at radius 1 is 0.921 bits per heavy atom. The number of nitrogens with one attached hydrogen (secondary N) is 1. The molecule has 9 heteroatoms. The van der Waals surface area contributed by atoms with Crippen LogP contribution in [0.3, 0.4) is 0 Å². The lowest BCUT2D eigenvalue weighted by Gasteiger charge is -2.32. The summed E-state index contributed by atoms with van der Waals surface area (Å²) in [6.45, 7) is 0.833. The molecule has 3 aromatic rings. The van der Waals surface area contributed by atoms with Gasteiger partial charge in [0.25, 0.3) is 0 Å². The zero-order valence-corrected chi connectivity index (χ0v) is 20.8. The quantitative estimate of drug-likeness (QED) is 0.328. The molecule has 2 heterocycles. The van der Waals surface area contributed by atoms with Crippen LogP contribution in [-0.4, -0.2) is 33.6 Å². The maximum absolute atomic E-state index is 13.1. The van der Waals surface area contributed by atoms with Gasteiger partial charge in [0.15, 0.2) is 23.0 Å². The second kappa shape index (κ2) is 10.6. The van der Waals surface area contributed by atoms with Crippen LogP contribution in [0.25, 0.3) is 6.08 Å². The molecule has 0 radical (unpaired) electrons. The minimum absolute atomic E-state index is 0.129. The van der Waals surface area contributed by atoms with Gasteiger partial charge in [-0.3, -0.25) is 0 Å². The molecule has 0 bridgehead atoms. The SMILES string of the molecule is COCOCc1c([C@H]2C=Cc3cc4c(cc3[C@H]2NC(=O)OCc2ccccc2)OCO4)ccc2c1OCO2. The van der Waals surface area contributed by atoms with E-state index in [2.05, 4.69) is 11.4 Å². The molecule has 0 unspecified atom stereocenters. The minimum atomic E-state index is -0.527. The third-order valence-electron chi connectivity index (χ3n) is 6.73. The maximum Gasteiger partial charge on any atom is 0.407 e. The molecule has 0 aromatic heterocycles. The van der Waals surface area contributed by atoms with Crippen molar-refractivity contribution in [3.05, 3.63) is 88.5 Å². The van der Waals surface area contributed by atoms with Crippen molar-refractivity contribution in [1.82, 2.24) is 5.32 Å². The van der Waals surface area contributed by atoms with Gasteiger partial charge in [0.2, 0.25) is 13.6 Å². The van der Waals surface area contributed by atoms with Crippen LogP contribution in [0.2, 0.25) is 0 Å². The van der Waals surface area contributed by atoms with Gasteiger partial charge in [-0.25, -0.2) is 4.79 Å². The molecule has 3 aliphatic rings. The van der Waals surface area contributed by atoms with Crippen molar-refractivity contribution in [2.45, 2.75) is 25.2 Å². The highest BCUT2D eigenvalue weighted by molar-refractivity contribution is 5.72. The molecule has 0 saturated carbocycles. The Labute approximate surface area is 219 Å². The normalized spacial score (nSPS) is 18.2. The van der Waals surface area contributed by atoms with Gasteiger partial charge in [0.1, 0.15) is 13.4 Å². The number of hydrogen-bond donors (Lipinski definition) is 1. The first kappa shape index (κ1) is 24.1. The van der Waals surface area contributed by atoms with E-state index in [9.17, 15) is 4.79 Å². The molecule has 6 rings (SSSR count). The van der Waals surface area contributed by atoms with E-state index >= 15 is 0 Å². The van der Waals surface area contributed by atoms with Crippen LogP contribution in [0.1, 0.15) is 39.8 Å². The number of carbonyl (C=O) groups excluding carboxylic acids is 1. The highest BCUT2D eigenvalue weighted by atomic mass is 16.7. The molecule has 2 aliphatic heterocycles.